The summed E-state index contributed by atoms with van der Waals surface area (Å²) in [6.45, 7) is 5.34. The summed E-state index contributed by atoms with van der Waals surface area (Å²) in [5, 5.41) is 27.8. The molecule has 2 N–H and O–H groups in total. The van der Waals surface area contributed by atoms with Gasteiger partial charge in [-0.3, -0.25) is 9.97 Å². The molecule has 0 bridgehead atoms. The largest absolute Gasteiger partial charge is 0.507 e. The number of phenolic OH excluding ortho intramolecular Hbond substituents is 2. The molecule has 0 saturated carbocycles. The lowest BCUT2D eigenvalue weighted by molar-refractivity contribution is 0.309. The molecule has 0 aliphatic rings. The van der Waals surface area contributed by atoms with E-state index in [0.29, 0.717) is 58.4 Å². The molecular formula is C38H36N2O4. The van der Waals surface area contributed by atoms with Crippen molar-refractivity contribution in [2.45, 2.75) is 39.5 Å². The van der Waals surface area contributed by atoms with Crippen LogP contribution in [0.15, 0.2) is 97.3 Å². The Morgan fingerprint density at radius 2 is 1.00 bits per heavy atom. The van der Waals surface area contributed by atoms with Gasteiger partial charge in [-0.05, 0) is 70.8 Å². The molecule has 6 aromatic rings. The summed E-state index contributed by atoms with van der Waals surface area (Å²) < 4.78 is 12.2. The van der Waals surface area contributed by atoms with Crippen molar-refractivity contribution in [3.63, 3.8) is 0 Å². The van der Waals surface area contributed by atoms with Crippen LogP contribution in [0.1, 0.15) is 39.5 Å². The summed E-state index contributed by atoms with van der Waals surface area (Å²) in [7, 11) is 0. The zero-order chi connectivity index (χ0) is 30.5. The van der Waals surface area contributed by atoms with E-state index in [4.69, 9.17) is 9.47 Å². The third kappa shape index (κ3) is 5.51. The van der Waals surface area contributed by atoms with Gasteiger partial charge in [0, 0.05) is 34.6 Å². The van der Waals surface area contributed by atoms with E-state index >= 15 is 0 Å². The van der Waals surface area contributed by atoms with Crippen LogP contribution in [0, 0.1) is 0 Å². The quantitative estimate of drug-likeness (QED) is 0.148. The fourth-order valence-electron chi connectivity index (χ4n) is 5.61. The van der Waals surface area contributed by atoms with Gasteiger partial charge in [-0.1, -0.05) is 75.2 Å². The maximum Gasteiger partial charge on any atom is 0.145 e. The minimum Gasteiger partial charge on any atom is -0.507 e. The molecule has 6 rings (SSSR count). The number of ether oxygens (including phenoxy) is 2. The summed E-state index contributed by atoms with van der Waals surface area (Å²) >= 11 is 0. The fourth-order valence-corrected chi connectivity index (χ4v) is 5.61. The van der Waals surface area contributed by atoms with Crippen LogP contribution in [0.5, 0.6) is 23.0 Å². The number of phenols is 2. The number of rotatable bonds is 11. The van der Waals surface area contributed by atoms with Gasteiger partial charge >= 0.3 is 0 Å². The van der Waals surface area contributed by atoms with Gasteiger partial charge in [0.05, 0.1) is 13.2 Å². The Kier molecular flexibility index (Phi) is 8.59. The lowest BCUT2D eigenvalue weighted by Crippen LogP contribution is -2.00. The highest BCUT2D eigenvalue weighted by molar-refractivity contribution is 6.14. The zero-order valence-electron chi connectivity index (χ0n) is 25.1. The van der Waals surface area contributed by atoms with Gasteiger partial charge in [0.2, 0.25) is 0 Å². The van der Waals surface area contributed by atoms with Gasteiger partial charge in [0.25, 0.3) is 0 Å². The van der Waals surface area contributed by atoms with Gasteiger partial charge in [0.15, 0.2) is 0 Å². The zero-order valence-corrected chi connectivity index (χ0v) is 25.1. The van der Waals surface area contributed by atoms with Gasteiger partial charge in [0.1, 0.15) is 34.4 Å². The molecule has 0 spiro atoms. The van der Waals surface area contributed by atoms with Crippen molar-refractivity contribution in [3.8, 4) is 56.6 Å². The van der Waals surface area contributed by atoms with Crippen molar-refractivity contribution >= 4 is 21.5 Å². The summed E-state index contributed by atoms with van der Waals surface area (Å²) in [6.07, 6.45) is 7.23. The van der Waals surface area contributed by atoms with E-state index < -0.39 is 0 Å². The Bertz CT molecular complexity index is 1790. The van der Waals surface area contributed by atoms with Crippen molar-refractivity contribution in [2.75, 3.05) is 13.2 Å². The molecular weight excluding hydrogens is 548 g/mol. The molecule has 0 amide bonds. The van der Waals surface area contributed by atoms with Crippen LogP contribution in [0.3, 0.4) is 0 Å². The maximum absolute atomic E-state index is 12.2. The van der Waals surface area contributed by atoms with Gasteiger partial charge in [-0.25, -0.2) is 0 Å². The minimum absolute atomic E-state index is 0.0146. The van der Waals surface area contributed by atoms with Crippen LogP contribution in [0.4, 0.5) is 0 Å². The topological polar surface area (TPSA) is 84.7 Å². The summed E-state index contributed by atoms with van der Waals surface area (Å²) in [5.74, 6) is 1.23. The molecule has 0 aliphatic carbocycles. The lowest BCUT2D eigenvalue weighted by atomic mass is 9.87. The Morgan fingerprint density at radius 3 is 1.43 bits per heavy atom. The first kappa shape index (κ1) is 29.0. The third-order valence-corrected chi connectivity index (χ3v) is 7.86. The third-order valence-electron chi connectivity index (χ3n) is 7.86. The number of pyridine rings is 2. The normalized spacial score (nSPS) is 11.2. The van der Waals surface area contributed by atoms with Crippen molar-refractivity contribution in [1.82, 2.24) is 9.97 Å². The van der Waals surface area contributed by atoms with E-state index in [2.05, 4.69) is 23.8 Å². The standard InChI is InChI=1S/C38H36N2O4/c1-3-5-21-43-31-17-11-19-39-35(31)29-23-25-13-7-9-15-27(25)33(37(29)41)34-28-16-10-8-14-26(28)24-30(38(34)42)36-32(18-12-20-40-36)44-22-6-4-2/h7-20,23-24,41-42H,3-6,21-22H2,1-2H3. The fraction of sp³-hybridized carbons (Fsp3) is 0.211. The molecule has 6 heteroatoms. The molecule has 0 fully saturated rings. The Balaban J connectivity index is 1.64. The monoisotopic (exact) mass is 584 g/mol. The van der Waals surface area contributed by atoms with Gasteiger partial charge in [-0.2, -0.15) is 0 Å². The number of fused-ring (bicyclic) bond motifs is 2. The van der Waals surface area contributed by atoms with Crippen molar-refractivity contribution in [1.29, 1.82) is 0 Å². The average molecular weight is 585 g/mol. The minimum atomic E-state index is 0.0146. The molecule has 6 nitrogen and oxygen atoms in total. The highest BCUT2D eigenvalue weighted by Gasteiger charge is 2.25. The molecule has 4 aromatic carbocycles. The van der Waals surface area contributed by atoms with Gasteiger partial charge in [-0.15, -0.1) is 0 Å². The van der Waals surface area contributed by atoms with E-state index in [9.17, 15) is 10.2 Å². The number of unbranched alkanes of at least 4 members (excludes halogenated alkanes) is 2. The summed E-state index contributed by atoms with van der Waals surface area (Å²) in [4.78, 5) is 9.31. The van der Waals surface area contributed by atoms with Crippen molar-refractivity contribution < 1.29 is 19.7 Å². The average Bonchev–Trinajstić information content (AvgIpc) is 3.06. The number of benzene rings is 4. The summed E-state index contributed by atoms with van der Waals surface area (Å²) in [6, 6.07) is 27.0. The number of hydrogen-bond donors (Lipinski definition) is 2. The Hall–Kier alpha value is -5.10. The maximum atomic E-state index is 12.2. The second-order valence-electron chi connectivity index (χ2n) is 10.8. The van der Waals surface area contributed by atoms with Crippen LogP contribution in [-0.2, 0) is 0 Å². The van der Waals surface area contributed by atoms with Crippen molar-refractivity contribution in [3.05, 3.63) is 97.3 Å². The smallest absolute Gasteiger partial charge is 0.145 e. The van der Waals surface area contributed by atoms with Crippen LogP contribution >= 0.6 is 0 Å². The van der Waals surface area contributed by atoms with E-state index in [1.807, 2.05) is 84.9 Å². The van der Waals surface area contributed by atoms with E-state index in [1.165, 1.54) is 0 Å². The molecule has 2 heterocycles. The second kappa shape index (κ2) is 13.0. The lowest BCUT2D eigenvalue weighted by Gasteiger charge is -2.20. The molecule has 0 radical (unpaired) electrons. The molecule has 0 saturated heterocycles. The van der Waals surface area contributed by atoms with Gasteiger partial charge < -0.3 is 19.7 Å². The molecule has 222 valence electrons. The number of aromatic nitrogens is 2. The van der Waals surface area contributed by atoms with Crippen LogP contribution < -0.4 is 9.47 Å². The Labute approximate surface area is 257 Å². The first-order valence-corrected chi connectivity index (χ1v) is 15.3. The second-order valence-corrected chi connectivity index (χ2v) is 10.8. The predicted octanol–water partition coefficient (Wildman–Crippen LogP) is 9.55. The van der Waals surface area contributed by atoms with Crippen LogP contribution in [-0.4, -0.2) is 33.4 Å². The number of nitrogens with zero attached hydrogens (tertiary/aromatic N) is 2. The molecule has 2 aromatic heterocycles. The Morgan fingerprint density at radius 1 is 0.568 bits per heavy atom. The highest BCUT2D eigenvalue weighted by atomic mass is 16.5. The SMILES string of the molecule is CCCCOc1cccnc1-c1cc2ccccc2c(-c2c(O)c(-c3ncccc3OCCCC)cc3ccccc23)c1O. The van der Waals surface area contributed by atoms with E-state index in [-0.39, 0.29) is 11.5 Å². The molecule has 0 aliphatic heterocycles. The molecule has 44 heavy (non-hydrogen) atoms. The highest BCUT2D eigenvalue weighted by Crippen LogP contribution is 2.52. The predicted molar refractivity (Wildman–Crippen MR) is 177 cm³/mol. The van der Waals surface area contributed by atoms with Crippen LogP contribution in [0.25, 0.3) is 55.2 Å². The first-order valence-electron chi connectivity index (χ1n) is 15.3. The molecule has 0 atom stereocenters. The molecule has 0 unspecified atom stereocenters. The number of aromatic hydroxyl groups is 2. The van der Waals surface area contributed by atoms with Crippen molar-refractivity contribution in [2.24, 2.45) is 0 Å². The van der Waals surface area contributed by atoms with E-state index in [1.54, 1.807) is 12.4 Å². The van der Waals surface area contributed by atoms with Crippen LogP contribution in [0.2, 0.25) is 0 Å². The van der Waals surface area contributed by atoms with E-state index in [0.717, 1.165) is 47.2 Å². The first-order chi connectivity index (χ1) is 21.6. The number of hydrogen-bond acceptors (Lipinski definition) is 6. The summed E-state index contributed by atoms with van der Waals surface area (Å²) in [5.41, 5.74) is 3.18.